The van der Waals surface area contributed by atoms with E-state index in [2.05, 4.69) is 11.9 Å². The number of nitrogens with two attached hydrogens (primary N) is 1. The molecule has 0 saturated carbocycles. The predicted octanol–water partition coefficient (Wildman–Crippen LogP) is 1.93. The molecule has 2 N–H and O–H groups in total. The molecule has 1 atom stereocenters. The molecule has 1 aromatic rings. The molecule has 1 unspecified atom stereocenters. The van der Waals surface area contributed by atoms with E-state index >= 15 is 0 Å². The summed E-state index contributed by atoms with van der Waals surface area (Å²) in [6, 6.07) is 5.53. The lowest BCUT2D eigenvalue weighted by atomic mass is 10.1. The Morgan fingerprint density at radius 3 is 3.07 bits per heavy atom. The van der Waals surface area contributed by atoms with Crippen molar-refractivity contribution in [3.05, 3.63) is 29.6 Å². The van der Waals surface area contributed by atoms with E-state index in [4.69, 9.17) is 5.73 Å². The van der Waals surface area contributed by atoms with Crippen molar-refractivity contribution >= 4 is 5.69 Å². The van der Waals surface area contributed by atoms with Gasteiger partial charge in [-0.05, 0) is 49.6 Å². The molecule has 0 aromatic heterocycles. The molecular weight excluding hydrogens is 191 g/mol. The Hall–Kier alpha value is -1.09. The van der Waals surface area contributed by atoms with Gasteiger partial charge in [0.25, 0.3) is 0 Å². The fourth-order valence-corrected chi connectivity index (χ4v) is 2.30. The lowest BCUT2D eigenvalue weighted by molar-refractivity contribution is 0.583. The zero-order valence-corrected chi connectivity index (χ0v) is 9.04. The summed E-state index contributed by atoms with van der Waals surface area (Å²) in [6.07, 6.45) is 3.07. The molecule has 2 rings (SSSR count). The van der Waals surface area contributed by atoms with Crippen molar-refractivity contribution in [1.82, 2.24) is 0 Å². The van der Waals surface area contributed by atoms with Crippen molar-refractivity contribution in [2.24, 2.45) is 5.73 Å². The van der Waals surface area contributed by atoms with Crippen molar-refractivity contribution < 1.29 is 4.39 Å². The minimum Gasteiger partial charge on any atom is -0.371 e. The standard InChI is InChI=1S/C12H17FN2/c1-15-11(3-2-6-14)8-9-7-10(13)4-5-12(9)15/h4-5,7,11H,2-3,6,8,14H2,1H3. The Balaban J connectivity index is 2.14. The van der Waals surface area contributed by atoms with Crippen LogP contribution in [0.25, 0.3) is 0 Å². The first-order chi connectivity index (χ1) is 7.22. The molecule has 0 saturated heterocycles. The second-order valence-electron chi connectivity index (χ2n) is 4.17. The molecule has 82 valence electrons. The van der Waals surface area contributed by atoms with E-state index in [-0.39, 0.29) is 5.82 Å². The van der Waals surface area contributed by atoms with E-state index in [1.807, 2.05) is 6.07 Å². The minimum atomic E-state index is -0.137. The van der Waals surface area contributed by atoms with Gasteiger partial charge in [0.2, 0.25) is 0 Å². The maximum atomic E-state index is 13.0. The van der Waals surface area contributed by atoms with Crippen LogP contribution in [0.5, 0.6) is 0 Å². The van der Waals surface area contributed by atoms with E-state index < -0.39 is 0 Å². The van der Waals surface area contributed by atoms with Crippen molar-refractivity contribution in [2.75, 3.05) is 18.5 Å². The summed E-state index contributed by atoms with van der Waals surface area (Å²) in [5, 5.41) is 0. The zero-order valence-electron chi connectivity index (χ0n) is 9.04. The fraction of sp³-hybridized carbons (Fsp3) is 0.500. The van der Waals surface area contributed by atoms with Crippen molar-refractivity contribution in [2.45, 2.75) is 25.3 Å². The molecule has 0 bridgehead atoms. The normalized spacial score (nSPS) is 19.4. The number of nitrogens with zero attached hydrogens (tertiary/aromatic N) is 1. The third kappa shape index (κ3) is 1.97. The molecule has 1 aliphatic rings. The van der Waals surface area contributed by atoms with Crippen molar-refractivity contribution in [3.63, 3.8) is 0 Å². The van der Waals surface area contributed by atoms with Crippen LogP contribution >= 0.6 is 0 Å². The van der Waals surface area contributed by atoms with Crippen LogP contribution < -0.4 is 10.6 Å². The molecule has 15 heavy (non-hydrogen) atoms. The number of likely N-dealkylation sites (N-methyl/N-ethyl adjacent to an activating group) is 1. The SMILES string of the molecule is CN1c2ccc(F)cc2CC1CCCN. The summed E-state index contributed by atoms with van der Waals surface area (Å²) in [6.45, 7) is 0.731. The van der Waals surface area contributed by atoms with Gasteiger partial charge in [0.1, 0.15) is 5.82 Å². The van der Waals surface area contributed by atoms with E-state index in [1.54, 1.807) is 6.07 Å². The largest absolute Gasteiger partial charge is 0.371 e. The van der Waals surface area contributed by atoms with E-state index in [0.29, 0.717) is 6.04 Å². The average Bonchev–Trinajstić information content (AvgIpc) is 2.52. The van der Waals surface area contributed by atoms with E-state index in [9.17, 15) is 4.39 Å². The third-order valence-corrected chi connectivity index (χ3v) is 3.17. The van der Waals surface area contributed by atoms with Crippen LogP contribution in [0.2, 0.25) is 0 Å². The minimum absolute atomic E-state index is 0.137. The van der Waals surface area contributed by atoms with Gasteiger partial charge in [-0.15, -0.1) is 0 Å². The summed E-state index contributed by atoms with van der Waals surface area (Å²) < 4.78 is 13.0. The Labute approximate surface area is 89.9 Å². The summed E-state index contributed by atoms with van der Waals surface area (Å²) >= 11 is 0. The molecule has 3 heteroatoms. The number of hydrogen-bond acceptors (Lipinski definition) is 2. The molecule has 1 aromatic carbocycles. The van der Waals surface area contributed by atoms with Gasteiger partial charge in [0, 0.05) is 18.8 Å². The lowest BCUT2D eigenvalue weighted by Gasteiger charge is -2.22. The second-order valence-corrected chi connectivity index (χ2v) is 4.17. The highest BCUT2D eigenvalue weighted by atomic mass is 19.1. The molecule has 1 heterocycles. The summed E-state index contributed by atoms with van der Waals surface area (Å²) in [5.41, 5.74) is 7.79. The van der Waals surface area contributed by atoms with Crippen LogP contribution in [-0.2, 0) is 6.42 Å². The van der Waals surface area contributed by atoms with Crippen LogP contribution in [0.4, 0.5) is 10.1 Å². The smallest absolute Gasteiger partial charge is 0.123 e. The van der Waals surface area contributed by atoms with Crippen LogP contribution in [-0.4, -0.2) is 19.6 Å². The number of fused-ring (bicyclic) bond motifs is 1. The maximum absolute atomic E-state index is 13.0. The van der Waals surface area contributed by atoms with Crippen LogP contribution in [0.1, 0.15) is 18.4 Å². The molecule has 0 amide bonds. The Morgan fingerprint density at radius 1 is 1.53 bits per heavy atom. The quantitative estimate of drug-likeness (QED) is 0.822. The van der Waals surface area contributed by atoms with Gasteiger partial charge in [-0.2, -0.15) is 0 Å². The highest BCUT2D eigenvalue weighted by molar-refractivity contribution is 5.58. The number of halogens is 1. The summed E-state index contributed by atoms with van der Waals surface area (Å²) in [5.74, 6) is -0.137. The Morgan fingerprint density at radius 2 is 2.33 bits per heavy atom. The van der Waals surface area contributed by atoms with Crippen molar-refractivity contribution in [1.29, 1.82) is 0 Å². The highest BCUT2D eigenvalue weighted by Gasteiger charge is 2.25. The molecular formula is C12H17FN2. The summed E-state index contributed by atoms with van der Waals surface area (Å²) in [7, 11) is 2.07. The first-order valence-electron chi connectivity index (χ1n) is 5.43. The molecule has 0 spiro atoms. The molecule has 0 fully saturated rings. The highest BCUT2D eigenvalue weighted by Crippen LogP contribution is 2.32. The van der Waals surface area contributed by atoms with Gasteiger partial charge in [-0.25, -0.2) is 4.39 Å². The van der Waals surface area contributed by atoms with Crippen molar-refractivity contribution in [3.8, 4) is 0 Å². The van der Waals surface area contributed by atoms with Crippen LogP contribution in [0.3, 0.4) is 0 Å². The average molecular weight is 208 g/mol. The number of anilines is 1. The number of rotatable bonds is 3. The maximum Gasteiger partial charge on any atom is 0.123 e. The molecule has 1 aliphatic heterocycles. The van der Waals surface area contributed by atoms with Gasteiger partial charge in [-0.3, -0.25) is 0 Å². The van der Waals surface area contributed by atoms with E-state index in [0.717, 1.165) is 31.4 Å². The van der Waals surface area contributed by atoms with E-state index in [1.165, 1.54) is 11.8 Å². The van der Waals surface area contributed by atoms with Gasteiger partial charge in [0.15, 0.2) is 0 Å². The summed E-state index contributed by atoms with van der Waals surface area (Å²) in [4.78, 5) is 2.24. The molecule has 2 nitrogen and oxygen atoms in total. The number of hydrogen-bond donors (Lipinski definition) is 1. The molecule has 0 radical (unpaired) electrons. The van der Waals surface area contributed by atoms with Gasteiger partial charge < -0.3 is 10.6 Å². The monoisotopic (exact) mass is 208 g/mol. The Kier molecular flexibility index (Phi) is 2.91. The molecule has 0 aliphatic carbocycles. The van der Waals surface area contributed by atoms with Gasteiger partial charge in [-0.1, -0.05) is 0 Å². The predicted molar refractivity (Wildman–Crippen MR) is 60.6 cm³/mol. The third-order valence-electron chi connectivity index (χ3n) is 3.17. The fourth-order valence-electron chi connectivity index (χ4n) is 2.30. The zero-order chi connectivity index (χ0) is 10.8. The van der Waals surface area contributed by atoms with Crippen LogP contribution in [0.15, 0.2) is 18.2 Å². The second kappa shape index (κ2) is 4.19. The van der Waals surface area contributed by atoms with Crippen LogP contribution in [0, 0.1) is 5.82 Å². The van der Waals surface area contributed by atoms with Gasteiger partial charge >= 0.3 is 0 Å². The lowest BCUT2D eigenvalue weighted by Crippen LogP contribution is -2.28. The Bertz CT molecular complexity index is 351. The first-order valence-corrected chi connectivity index (χ1v) is 5.43. The van der Waals surface area contributed by atoms with Gasteiger partial charge in [0.05, 0.1) is 0 Å². The topological polar surface area (TPSA) is 29.3 Å². The number of benzene rings is 1. The first kappa shape index (κ1) is 10.4.